The predicted octanol–water partition coefficient (Wildman–Crippen LogP) is 3.55. The molecular formula is C22H25FN6O. The van der Waals surface area contributed by atoms with Gasteiger partial charge in [0.25, 0.3) is 5.91 Å². The van der Waals surface area contributed by atoms with E-state index in [1.165, 1.54) is 0 Å². The lowest BCUT2D eigenvalue weighted by Crippen LogP contribution is -2.45. The second-order valence-electron chi connectivity index (χ2n) is 7.54. The Morgan fingerprint density at radius 2 is 1.90 bits per heavy atom. The first-order chi connectivity index (χ1) is 14.6. The molecule has 2 aromatic heterocycles. The molecule has 1 amide bonds. The molecule has 7 nitrogen and oxygen atoms in total. The zero-order chi connectivity index (χ0) is 21.1. The molecule has 3 aromatic rings. The average molecular weight is 408 g/mol. The lowest BCUT2D eigenvalue weighted by molar-refractivity contribution is 0.100. The Labute approximate surface area is 174 Å². The number of benzene rings is 1. The van der Waals surface area contributed by atoms with E-state index in [4.69, 9.17) is 5.73 Å². The van der Waals surface area contributed by atoms with E-state index in [0.717, 1.165) is 42.5 Å². The van der Waals surface area contributed by atoms with E-state index in [-0.39, 0.29) is 29.3 Å². The summed E-state index contributed by atoms with van der Waals surface area (Å²) in [5.41, 5.74) is 6.14. The van der Waals surface area contributed by atoms with E-state index >= 15 is 0 Å². The number of nitrogens with zero attached hydrogens (tertiary/aromatic N) is 2. The van der Waals surface area contributed by atoms with E-state index in [0.29, 0.717) is 5.69 Å². The number of primary amides is 1. The molecule has 1 unspecified atom stereocenters. The van der Waals surface area contributed by atoms with Gasteiger partial charge in [0.05, 0.1) is 17.4 Å². The number of halogens is 1. The molecule has 0 radical (unpaired) electrons. The maximum Gasteiger partial charge on any atom is 0.252 e. The molecule has 0 saturated heterocycles. The standard InChI is InChI=1S/C22H25FN6O/c1-25-17-8-4-5-9-18(17)27-22-16(23)10-15(20(24)30)21(29-22)28-19-12-26-11-13-6-2-3-7-14(13)19/h2-3,6-7,10-12,17-18,25H,4-5,8-9H2,1H3,(H2,24,30)(H2,27,28,29)/t17-,18?/m0/s1. The van der Waals surface area contributed by atoms with Crippen molar-refractivity contribution >= 4 is 34.0 Å². The van der Waals surface area contributed by atoms with Crippen LogP contribution in [-0.2, 0) is 0 Å². The average Bonchev–Trinajstić information content (AvgIpc) is 2.76. The van der Waals surface area contributed by atoms with E-state index < -0.39 is 11.7 Å². The molecule has 4 rings (SSSR count). The Bertz CT molecular complexity index is 1070. The van der Waals surface area contributed by atoms with Gasteiger partial charge >= 0.3 is 0 Å². The molecule has 0 spiro atoms. The Morgan fingerprint density at radius 3 is 2.67 bits per heavy atom. The highest BCUT2D eigenvalue weighted by Crippen LogP contribution is 2.29. The van der Waals surface area contributed by atoms with Crippen molar-refractivity contribution in [3.05, 3.63) is 54.1 Å². The lowest BCUT2D eigenvalue weighted by Gasteiger charge is -2.32. The number of nitrogens with one attached hydrogen (secondary N) is 3. The summed E-state index contributed by atoms with van der Waals surface area (Å²) in [4.78, 5) is 20.6. The normalized spacial score (nSPS) is 18.9. The number of aromatic nitrogens is 2. The van der Waals surface area contributed by atoms with Crippen molar-refractivity contribution < 1.29 is 9.18 Å². The molecule has 8 heteroatoms. The number of anilines is 3. The van der Waals surface area contributed by atoms with Crippen LogP contribution >= 0.6 is 0 Å². The van der Waals surface area contributed by atoms with Crippen LogP contribution in [-0.4, -0.2) is 35.0 Å². The SMILES string of the molecule is CN[C@H]1CCCCC1Nc1nc(Nc2cncc3ccccc23)c(C(N)=O)cc1F. The summed E-state index contributed by atoms with van der Waals surface area (Å²) in [5, 5.41) is 11.5. The minimum atomic E-state index is -0.755. The quantitative estimate of drug-likeness (QED) is 0.497. The zero-order valence-electron chi connectivity index (χ0n) is 16.8. The van der Waals surface area contributed by atoms with Gasteiger partial charge in [-0.1, -0.05) is 37.1 Å². The van der Waals surface area contributed by atoms with Crippen LogP contribution in [0.15, 0.2) is 42.7 Å². The van der Waals surface area contributed by atoms with E-state index in [2.05, 4.69) is 25.9 Å². The van der Waals surface area contributed by atoms with Gasteiger partial charge in [-0.3, -0.25) is 9.78 Å². The first kappa shape index (κ1) is 20.0. The number of nitrogens with two attached hydrogens (primary N) is 1. The van der Waals surface area contributed by atoms with Crippen molar-refractivity contribution in [2.45, 2.75) is 37.8 Å². The second-order valence-corrected chi connectivity index (χ2v) is 7.54. The largest absolute Gasteiger partial charge is 0.365 e. The maximum absolute atomic E-state index is 14.8. The van der Waals surface area contributed by atoms with Crippen LogP contribution in [0.5, 0.6) is 0 Å². The highest BCUT2D eigenvalue weighted by Gasteiger charge is 2.26. The van der Waals surface area contributed by atoms with Crippen molar-refractivity contribution in [3.8, 4) is 0 Å². The number of hydrogen-bond acceptors (Lipinski definition) is 6. The third-order valence-electron chi connectivity index (χ3n) is 5.62. The number of hydrogen-bond donors (Lipinski definition) is 4. The summed E-state index contributed by atoms with van der Waals surface area (Å²) in [6, 6.07) is 9.12. The first-order valence-corrected chi connectivity index (χ1v) is 10.1. The van der Waals surface area contributed by atoms with Gasteiger partial charge < -0.3 is 21.7 Å². The van der Waals surface area contributed by atoms with Gasteiger partial charge in [-0.05, 0) is 26.0 Å². The molecular weight excluding hydrogens is 383 g/mol. The summed E-state index contributed by atoms with van der Waals surface area (Å²) in [7, 11) is 1.91. The monoisotopic (exact) mass is 408 g/mol. The molecule has 5 N–H and O–H groups in total. The van der Waals surface area contributed by atoms with Crippen LogP contribution in [0.3, 0.4) is 0 Å². The summed E-state index contributed by atoms with van der Waals surface area (Å²) in [5.74, 6) is -1.07. The fourth-order valence-corrected chi connectivity index (χ4v) is 4.04. The molecule has 2 heterocycles. The molecule has 0 bridgehead atoms. The molecule has 1 aliphatic rings. The number of likely N-dealkylation sites (N-methyl/N-ethyl adjacent to an activating group) is 1. The number of carbonyl (C=O) groups is 1. The summed E-state index contributed by atoms with van der Waals surface area (Å²) in [6.07, 6.45) is 7.54. The number of fused-ring (bicyclic) bond motifs is 1. The third kappa shape index (κ3) is 4.04. The van der Waals surface area contributed by atoms with Crippen LogP contribution in [0.25, 0.3) is 10.8 Å². The molecule has 2 atom stereocenters. The number of rotatable bonds is 6. The van der Waals surface area contributed by atoms with Crippen molar-refractivity contribution in [1.29, 1.82) is 0 Å². The Morgan fingerprint density at radius 1 is 1.13 bits per heavy atom. The van der Waals surface area contributed by atoms with Gasteiger partial charge in [0.15, 0.2) is 11.6 Å². The topological polar surface area (TPSA) is 105 Å². The number of pyridine rings is 2. The minimum absolute atomic E-state index is 0.0141. The summed E-state index contributed by atoms with van der Waals surface area (Å²) in [6.45, 7) is 0. The number of amides is 1. The van der Waals surface area contributed by atoms with Crippen molar-refractivity contribution in [2.75, 3.05) is 17.7 Å². The van der Waals surface area contributed by atoms with Crippen LogP contribution < -0.4 is 21.7 Å². The molecule has 1 aliphatic carbocycles. The van der Waals surface area contributed by atoms with Crippen LogP contribution in [0.1, 0.15) is 36.0 Å². The van der Waals surface area contributed by atoms with E-state index in [9.17, 15) is 9.18 Å². The fraction of sp³-hybridized carbons (Fsp3) is 0.318. The Hall–Kier alpha value is -3.26. The van der Waals surface area contributed by atoms with Gasteiger partial charge in [-0.25, -0.2) is 9.37 Å². The Kier molecular flexibility index (Phi) is 5.76. The third-order valence-corrected chi connectivity index (χ3v) is 5.62. The Balaban J connectivity index is 1.71. The second kappa shape index (κ2) is 8.62. The molecule has 1 fully saturated rings. The molecule has 156 valence electrons. The van der Waals surface area contributed by atoms with Crippen molar-refractivity contribution in [3.63, 3.8) is 0 Å². The molecule has 1 aromatic carbocycles. The summed E-state index contributed by atoms with van der Waals surface area (Å²) >= 11 is 0. The molecule has 1 saturated carbocycles. The fourth-order valence-electron chi connectivity index (χ4n) is 4.04. The minimum Gasteiger partial charge on any atom is -0.365 e. The van der Waals surface area contributed by atoms with Gasteiger partial charge in [0, 0.05) is 29.1 Å². The predicted molar refractivity (Wildman–Crippen MR) is 116 cm³/mol. The first-order valence-electron chi connectivity index (χ1n) is 10.1. The van der Waals surface area contributed by atoms with Crippen LogP contribution in [0.2, 0.25) is 0 Å². The molecule has 30 heavy (non-hydrogen) atoms. The van der Waals surface area contributed by atoms with E-state index in [1.54, 1.807) is 12.4 Å². The van der Waals surface area contributed by atoms with Crippen molar-refractivity contribution in [2.24, 2.45) is 5.73 Å². The zero-order valence-corrected chi connectivity index (χ0v) is 16.8. The highest BCUT2D eigenvalue weighted by molar-refractivity contribution is 6.01. The number of carbonyl (C=O) groups excluding carboxylic acids is 1. The van der Waals surface area contributed by atoms with Gasteiger partial charge in [-0.15, -0.1) is 0 Å². The highest BCUT2D eigenvalue weighted by atomic mass is 19.1. The smallest absolute Gasteiger partial charge is 0.252 e. The van der Waals surface area contributed by atoms with Gasteiger partial charge in [-0.2, -0.15) is 0 Å². The van der Waals surface area contributed by atoms with Gasteiger partial charge in [0.2, 0.25) is 0 Å². The summed E-state index contributed by atoms with van der Waals surface area (Å²) < 4.78 is 14.8. The lowest BCUT2D eigenvalue weighted by atomic mass is 9.90. The van der Waals surface area contributed by atoms with Crippen LogP contribution in [0.4, 0.5) is 21.7 Å². The molecule has 0 aliphatic heterocycles. The van der Waals surface area contributed by atoms with E-state index in [1.807, 2.05) is 31.3 Å². The van der Waals surface area contributed by atoms with Crippen LogP contribution in [0, 0.1) is 5.82 Å². The maximum atomic E-state index is 14.8. The van der Waals surface area contributed by atoms with Crippen molar-refractivity contribution in [1.82, 2.24) is 15.3 Å². The van der Waals surface area contributed by atoms with Gasteiger partial charge in [0.1, 0.15) is 5.82 Å².